The Bertz CT molecular complexity index is 450. The zero-order valence-electron chi connectivity index (χ0n) is 8.49. The fraction of sp³-hybridized carbons (Fsp3) is 0.333. The first kappa shape index (κ1) is 9.72. The van der Waals surface area contributed by atoms with E-state index in [2.05, 4.69) is 20.3 Å². The van der Waals surface area contributed by atoms with E-state index in [0.717, 1.165) is 5.69 Å². The van der Waals surface area contributed by atoms with Crippen molar-refractivity contribution in [3.63, 3.8) is 0 Å². The number of hydrogen-bond acceptors (Lipinski definition) is 5. The van der Waals surface area contributed by atoms with Crippen LogP contribution >= 0.6 is 0 Å². The van der Waals surface area contributed by atoms with Crippen molar-refractivity contribution in [1.29, 1.82) is 0 Å². The number of aliphatic hydroxyl groups excluding tert-OH is 1. The molecule has 15 heavy (non-hydrogen) atoms. The number of aliphatic hydroxyl groups is 1. The fourth-order valence-corrected chi connectivity index (χ4v) is 1.24. The second-order valence-corrected chi connectivity index (χ2v) is 3.27. The Morgan fingerprint density at radius 2 is 2.07 bits per heavy atom. The second kappa shape index (κ2) is 3.74. The molecule has 2 aromatic rings. The van der Waals surface area contributed by atoms with Gasteiger partial charge in [0.2, 0.25) is 0 Å². The highest BCUT2D eigenvalue weighted by Crippen LogP contribution is 2.17. The highest BCUT2D eigenvalue weighted by Gasteiger charge is 2.16. The zero-order valence-corrected chi connectivity index (χ0v) is 8.49. The molecule has 6 nitrogen and oxygen atoms in total. The SMILES string of the molecule is Cc1cnc(C(O)c2cnnn2C)cn1. The Kier molecular flexibility index (Phi) is 2.42. The Hall–Kier alpha value is -1.82. The molecule has 0 saturated carbocycles. The van der Waals surface area contributed by atoms with E-state index in [4.69, 9.17) is 0 Å². The van der Waals surface area contributed by atoms with Gasteiger partial charge in [0.15, 0.2) is 0 Å². The van der Waals surface area contributed by atoms with Crippen LogP contribution in [0, 0.1) is 6.92 Å². The van der Waals surface area contributed by atoms with Crippen LogP contribution in [0.25, 0.3) is 0 Å². The molecule has 0 spiro atoms. The quantitative estimate of drug-likeness (QED) is 0.746. The van der Waals surface area contributed by atoms with Gasteiger partial charge in [-0.3, -0.25) is 9.97 Å². The van der Waals surface area contributed by atoms with Crippen LogP contribution in [-0.2, 0) is 7.05 Å². The van der Waals surface area contributed by atoms with Gasteiger partial charge in [0.25, 0.3) is 0 Å². The van der Waals surface area contributed by atoms with Crippen molar-refractivity contribution in [3.8, 4) is 0 Å². The fourth-order valence-electron chi connectivity index (χ4n) is 1.24. The number of nitrogens with zero attached hydrogens (tertiary/aromatic N) is 5. The van der Waals surface area contributed by atoms with E-state index >= 15 is 0 Å². The van der Waals surface area contributed by atoms with E-state index in [1.54, 1.807) is 19.4 Å². The summed E-state index contributed by atoms with van der Waals surface area (Å²) in [6, 6.07) is 0. The molecule has 0 aliphatic carbocycles. The van der Waals surface area contributed by atoms with Crippen LogP contribution in [0.2, 0.25) is 0 Å². The Morgan fingerprint density at radius 1 is 1.27 bits per heavy atom. The topological polar surface area (TPSA) is 76.7 Å². The minimum atomic E-state index is -0.835. The Balaban J connectivity index is 2.32. The largest absolute Gasteiger partial charge is 0.380 e. The molecule has 2 rings (SSSR count). The number of rotatable bonds is 2. The van der Waals surface area contributed by atoms with Crippen LogP contribution in [0.1, 0.15) is 23.2 Å². The first-order valence-corrected chi connectivity index (χ1v) is 4.49. The molecular formula is C9H11N5O. The van der Waals surface area contributed by atoms with Gasteiger partial charge >= 0.3 is 0 Å². The van der Waals surface area contributed by atoms with Crippen molar-refractivity contribution < 1.29 is 5.11 Å². The van der Waals surface area contributed by atoms with E-state index in [9.17, 15) is 5.11 Å². The average molecular weight is 205 g/mol. The van der Waals surface area contributed by atoms with Crippen LogP contribution in [0.3, 0.4) is 0 Å². The molecule has 2 heterocycles. The minimum absolute atomic E-state index is 0.492. The maximum atomic E-state index is 9.95. The molecule has 1 unspecified atom stereocenters. The van der Waals surface area contributed by atoms with Gasteiger partial charge in [-0.05, 0) is 6.92 Å². The molecule has 1 N–H and O–H groups in total. The molecule has 78 valence electrons. The third-order valence-corrected chi connectivity index (χ3v) is 2.11. The van der Waals surface area contributed by atoms with Crippen LogP contribution in [0.15, 0.2) is 18.6 Å². The van der Waals surface area contributed by atoms with Gasteiger partial charge in [0.05, 0.1) is 29.5 Å². The van der Waals surface area contributed by atoms with E-state index in [-0.39, 0.29) is 0 Å². The number of aromatic nitrogens is 5. The highest BCUT2D eigenvalue weighted by molar-refractivity contribution is 5.14. The molecule has 1 atom stereocenters. The van der Waals surface area contributed by atoms with Gasteiger partial charge in [0, 0.05) is 13.2 Å². The molecular weight excluding hydrogens is 194 g/mol. The molecule has 0 saturated heterocycles. The lowest BCUT2D eigenvalue weighted by atomic mass is 10.2. The van der Waals surface area contributed by atoms with Crippen LogP contribution in [0.5, 0.6) is 0 Å². The normalized spacial score (nSPS) is 12.7. The molecule has 2 aromatic heterocycles. The molecule has 0 aliphatic rings. The molecule has 0 amide bonds. The predicted octanol–water partition coefficient (Wildman–Crippen LogP) is -0.00478. The number of hydrogen-bond donors (Lipinski definition) is 1. The first-order valence-electron chi connectivity index (χ1n) is 4.49. The average Bonchev–Trinajstić information content (AvgIpc) is 2.65. The maximum Gasteiger partial charge on any atom is 0.141 e. The van der Waals surface area contributed by atoms with Gasteiger partial charge in [-0.15, -0.1) is 5.10 Å². The van der Waals surface area contributed by atoms with Crippen molar-refractivity contribution in [1.82, 2.24) is 25.0 Å². The third kappa shape index (κ3) is 1.84. The summed E-state index contributed by atoms with van der Waals surface area (Å²) in [5, 5.41) is 17.4. The second-order valence-electron chi connectivity index (χ2n) is 3.27. The number of aryl methyl sites for hydroxylation is 2. The Labute approximate surface area is 86.6 Å². The molecule has 0 bridgehead atoms. The van der Waals surface area contributed by atoms with Crippen molar-refractivity contribution in [3.05, 3.63) is 35.7 Å². The summed E-state index contributed by atoms with van der Waals surface area (Å²) in [6.07, 6.45) is 3.83. The minimum Gasteiger partial charge on any atom is -0.380 e. The van der Waals surface area contributed by atoms with Crippen molar-refractivity contribution in [2.45, 2.75) is 13.0 Å². The van der Waals surface area contributed by atoms with E-state index in [0.29, 0.717) is 11.4 Å². The van der Waals surface area contributed by atoms with E-state index < -0.39 is 6.10 Å². The lowest BCUT2D eigenvalue weighted by Crippen LogP contribution is -2.08. The molecule has 0 aliphatic heterocycles. The summed E-state index contributed by atoms with van der Waals surface area (Å²) in [4.78, 5) is 8.16. The van der Waals surface area contributed by atoms with Gasteiger partial charge < -0.3 is 5.11 Å². The third-order valence-electron chi connectivity index (χ3n) is 2.11. The summed E-state index contributed by atoms with van der Waals surface area (Å²) in [7, 11) is 1.72. The van der Waals surface area contributed by atoms with Crippen LogP contribution in [-0.4, -0.2) is 30.1 Å². The summed E-state index contributed by atoms with van der Waals surface area (Å²) >= 11 is 0. The zero-order chi connectivity index (χ0) is 10.8. The monoisotopic (exact) mass is 205 g/mol. The summed E-state index contributed by atoms with van der Waals surface area (Å²) in [5.74, 6) is 0. The van der Waals surface area contributed by atoms with Crippen molar-refractivity contribution in [2.24, 2.45) is 7.05 Å². The van der Waals surface area contributed by atoms with Gasteiger partial charge in [0.1, 0.15) is 6.10 Å². The molecule has 0 aromatic carbocycles. The van der Waals surface area contributed by atoms with E-state index in [1.807, 2.05) is 6.92 Å². The molecule has 6 heteroatoms. The smallest absolute Gasteiger partial charge is 0.141 e. The highest BCUT2D eigenvalue weighted by atomic mass is 16.3. The standard InChI is InChI=1S/C9H11N5O/c1-6-3-11-7(4-10-6)9(15)8-5-12-13-14(8)2/h3-5,9,15H,1-2H3. The first-order chi connectivity index (χ1) is 7.18. The summed E-state index contributed by atoms with van der Waals surface area (Å²) in [6.45, 7) is 1.84. The van der Waals surface area contributed by atoms with Gasteiger partial charge in [-0.25, -0.2) is 4.68 Å². The molecule has 0 fully saturated rings. The summed E-state index contributed by atoms with van der Waals surface area (Å²) < 4.78 is 1.51. The van der Waals surface area contributed by atoms with Gasteiger partial charge in [-0.2, -0.15) is 0 Å². The summed E-state index contributed by atoms with van der Waals surface area (Å²) in [5.41, 5.74) is 1.90. The lowest BCUT2D eigenvalue weighted by Gasteiger charge is -2.08. The molecule has 0 radical (unpaired) electrons. The van der Waals surface area contributed by atoms with Gasteiger partial charge in [-0.1, -0.05) is 5.21 Å². The van der Waals surface area contributed by atoms with Crippen LogP contribution < -0.4 is 0 Å². The van der Waals surface area contributed by atoms with Crippen molar-refractivity contribution in [2.75, 3.05) is 0 Å². The Morgan fingerprint density at radius 3 is 2.60 bits per heavy atom. The van der Waals surface area contributed by atoms with Crippen LogP contribution in [0.4, 0.5) is 0 Å². The maximum absolute atomic E-state index is 9.95. The predicted molar refractivity (Wildman–Crippen MR) is 51.8 cm³/mol. The van der Waals surface area contributed by atoms with E-state index in [1.165, 1.54) is 10.9 Å². The van der Waals surface area contributed by atoms with Crippen molar-refractivity contribution >= 4 is 0 Å². The lowest BCUT2D eigenvalue weighted by molar-refractivity contribution is 0.204.